The van der Waals surface area contributed by atoms with Gasteiger partial charge < -0.3 is 0 Å². The van der Waals surface area contributed by atoms with Crippen molar-refractivity contribution in [3.63, 3.8) is 0 Å². The van der Waals surface area contributed by atoms with Gasteiger partial charge in [-0.1, -0.05) is 55.2 Å². The van der Waals surface area contributed by atoms with E-state index in [0.717, 1.165) is 23.4 Å². The van der Waals surface area contributed by atoms with Gasteiger partial charge in [0.15, 0.2) is 0 Å². The number of aryl methyl sites for hydroxylation is 1. The highest BCUT2D eigenvalue weighted by Crippen LogP contribution is 2.27. The minimum absolute atomic E-state index is 0.327. The first kappa shape index (κ1) is 16.3. The Morgan fingerprint density at radius 3 is 1.96 bits per heavy atom. The van der Waals surface area contributed by atoms with Crippen LogP contribution in [0.1, 0.15) is 23.6 Å². The van der Waals surface area contributed by atoms with Crippen LogP contribution < -0.4 is 0 Å². The third kappa shape index (κ3) is 3.17. The van der Waals surface area contributed by atoms with E-state index < -0.39 is 11.6 Å². The SMILES string of the molecule is CCc1ccc2c(ccc3cc(C#Cc4cc(F)cc(F)c4)ccc32)c1. The van der Waals surface area contributed by atoms with Gasteiger partial charge in [-0.15, -0.1) is 0 Å². The first-order valence-electron chi connectivity index (χ1n) is 8.56. The lowest BCUT2D eigenvalue weighted by Gasteiger charge is -2.06. The zero-order chi connectivity index (χ0) is 18.1. The molecule has 126 valence electrons. The third-order valence-corrected chi connectivity index (χ3v) is 4.52. The van der Waals surface area contributed by atoms with E-state index in [9.17, 15) is 8.78 Å². The van der Waals surface area contributed by atoms with E-state index in [2.05, 4.69) is 55.2 Å². The van der Waals surface area contributed by atoms with Crippen LogP contribution in [-0.4, -0.2) is 0 Å². The standard InChI is InChI=1S/C24H16F2/c1-2-16-5-9-23-19(11-16)7-8-20-12-17(6-10-24(20)23)3-4-18-13-21(25)15-22(26)14-18/h5-15H,2H2,1H3. The Morgan fingerprint density at radius 1 is 0.654 bits per heavy atom. The Hall–Kier alpha value is -3.18. The van der Waals surface area contributed by atoms with Crippen molar-refractivity contribution in [3.05, 3.63) is 95.1 Å². The molecule has 0 N–H and O–H groups in total. The summed E-state index contributed by atoms with van der Waals surface area (Å²) in [7, 11) is 0. The fourth-order valence-electron chi connectivity index (χ4n) is 3.19. The van der Waals surface area contributed by atoms with E-state index in [-0.39, 0.29) is 0 Å². The van der Waals surface area contributed by atoms with E-state index in [1.807, 2.05) is 12.1 Å². The van der Waals surface area contributed by atoms with Gasteiger partial charge in [-0.05, 0) is 57.8 Å². The maximum Gasteiger partial charge on any atom is 0.127 e. The zero-order valence-electron chi connectivity index (χ0n) is 14.3. The van der Waals surface area contributed by atoms with Crippen molar-refractivity contribution in [2.75, 3.05) is 0 Å². The molecule has 0 saturated carbocycles. The average molecular weight is 342 g/mol. The summed E-state index contributed by atoms with van der Waals surface area (Å²) in [6, 6.07) is 20.1. The van der Waals surface area contributed by atoms with Crippen LogP contribution in [0.4, 0.5) is 8.78 Å². The molecule has 0 aliphatic rings. The summed E-state index contributed by atoms with van der Waals surface area (Å²) < 4.78 is 26.5. The smallest absolute Gasteiger partial charge is 0.127 e. The predicted molar refractivity (Wildman–Crippen MR) is 103 cm³/mol. The summed E-state index contributed by atoms with van der Waals surface area (Å²) in [6.07, 6.45) is 1.02. The molecule has 0 radical (unpaired) electrons. The molecule has 0 aliphatic carbocycles. The van der Waals surface area contributed by atoms with Gasteiger partial charge in [0.2, 0.25) is 0 Å². The lowest BCUT2D eigenvalue weighted by atomic mass is 9.98. The Balaban J connectivity index is 1.77. The van der Waals surface area contributed by atoms with Crippen molar-refractivity contribution in [1.82, 2.24) is 0 Å². The van der Waals surface area contributed by atoms with Crippen LogP contribution in [0.5, 0.6) is 0 Å². The van der Waals surface area contributed by atoms with Gasteiger partial charge in [-0.25, -0.2) is 8.78 Å². The molecule has 0 unspecified atom stereocenters. The molecule has 4 aromatic rings. The molecule has 0 heterocycles. The molecule has 0 spiro atoms. The van der Waals surface area contributed by atoms with Gasteiger partial charge in [-0.2, -0.15) is 0 Å². The lowest BCUT2D eigenvalue weighted by molar-refractivity contribution is 0.582. The van der Waals surface area contributed by atoms with Crippen molar-refractivity contribution >= 4 is 21.5 Å². The van der Waals surface area contributed by atoms with Gasteiger partial charge in [-0.3, -0.25) is 0 Å². The number of fused-ring (bicyclic) bond motifs is 3. The van der Waals surface area contributed by atoms with Crippen LogP contribution >= 0.6 is 0 Å². The second kappa shape index (κ2) is 6.61. The molecule has 0 aromatic heterocycles. The summed E-state index contributed by atoms with van der Waals surface area (Å²) in [5, 5.41) is 4.71. The van der Waals surface area contributed by atoms with Crippen molar-refractivity contribution < 1.29 is 8.78 Å². The van der Waals surface area contributed by atoms with Gasteiger partial charge in [0.1, 0.15) is 11.6 Å². The molecular weight excluding hydrogens is 326 g/mol. The van der Waals surface area contributed by atoms with Gasteiger partial charge in [0, 0.05) is 17.2 Å². The van der Waals surface area contributed by atoms with Crippen LogP contribution in [0.3, 0.4) is 0 Å². The summed E-state index contributed by atoms with van der Waals surface area (Å²) in [4.78, 5) is 0. The number of hydrogen-bond donors (Lipinski definition) is 0. The largest absolute Gasteiger partial charge is 0.207 e. The minimum atomic E-state index is -0.620. The topological polar surface area (TPSA) is 0 Å². The number of halogens is 2. The highest BCUT2D eigenvalue weighted by Gasteiger charge is 2.02. The molecule has 0 bridgehead atoms. The molecule has 2 heteroatoms. The Kier molecular flexibility index (Phi) is 4.14. The summed E-state index contributed by atoms with van der Waals surface area (Å²) >= 11 is 0. The van der Waals surface area contributed by atoms with Crippen molar-refractivity contribution in [3.8, 4) is 11.8 Å². The Morgan fingerprint density at radius 2 is 1.27 bits per heavy atom. The van der Waals surface area contributed by atoms with Crippen LogP contribution in [0, 0.1) is 23.5 Å². The fraction of sp³-hybridized carbons (Fsp3) is 0.0833. The van der Waals surface area contributed by atoms with E-state index in [0.29, 0.717) is 5.56 Å². The van der Waals surface area contributed by atoms with Crippen molar-refractivity contribution in [2.45, 2.75) is 13.3 Å². The van der Waals surface area contributed by atoms with Crippen molar-refractivity contribution in [1.29, 1.82) is 0 Å². The summed E-state index contributed by atoms with van der Waals surface area (Å²) in [5.41, 5.74) is 2.46. The summed E-state index contributed by atoms with van der Waals surface area (Å²) in [5.74, 6) is 4.58. The van der Waals surface area contributed by atoms with Gasteiger partial charge in [0.05, 0.1) is 0 Å². The minimum Gasteiger partial charge on any atom is -0.207 e. The molecular formula is C24H16F2. The molecule has 26 heavy (non-hydrogen) atoms. The third-order valence-electron chi connectivity index (χ3n) is 4.52. The molecule has 0 saturated heterocycles. The molecule has 0 atom stereocenters. The van der Waals surface area contributed by atoms with E-state index in [4.69, 9.17) is 0 Å². The molecule has 0 amide bonds. The Labute approximate surface area is 151 Å². The first-order chi connectivity index (χ1) is 12.6. The number of benzene rings is 4. The fourth-order valence-corrected chi connectivity index (χ4v) is 3.19. The second-order valence-corrected chi connectivity index (χ2v) is 6.32. The van der Waals surface area contributed by atoms with Crippen LogP contribution in [0.2, 0.25) is 0 Å². The zero-order valence-corrected chi connectivity index (χ0v) is 14.3. The van der Waals surface area contributed by atoms with Crippen LogP contribution in [-0.2, 0) is 6.42 Å². The first-order valence-corrected chi connectivity index (χ1v) is 8.56. The maximum atomic E-state index is 13.3. The van der Waals surface area contributed by atoms with Crippen LogP contribution in [0.25, 0.3) is 21.5 Å². The van der Waals surface area contributed by atoms with Gasteiger partial charge in [0.25, 0.3) is 0 Å². The summed E-state index contributed by atoms with van der Waals surface area (Å²) in [6.45, 7) is 2.15. The highest BCUT2D eigenvalue weighted by atomic mass is 19.1. The normalized spacial score (nSPS) is 10.7. The predicted octanol–water partition coefficient (Wildman–Crippen LogP) is 6.23. The highest BCUT2D eigenvalue weighted by molar-refractivity contribution is 6.07. The molecule has 4 aromatic carbocycles. The van der Waals surface area contributed by atoms with Crippen molar-refractivity contribution in [2.24, 2.45) is 0 Å². The van der Waals surface area contributed by atoms with Gasteiger partial charge >= 0.3 is 0 Å². The van der Waals surface area contributed by atoms with E-state index >= 15 is 0 Å². The number of rotatable bonds is 1. The quantitative estimate of drug-likeness (QED) is 0.284. The van der Waals surface area contributed by atoms with Crippen LogP contribution in [0.15, 0.2) is 66.7 Å². The molecule has 0 aliphatic heterocycles. The van der Waals surface area contributed by atoms with E-state index in [1.54, 1.807) is 0 Å². The Bertz CT molecular complexity index is 1170. The molecule has 0 fully saturated rings. The van der Waals surface area contributed by atoms with E-state index in [1.165, 1.54) is 33.9 Å². The average Bonchev–Trinajstić information content (AvgIpc) is 2.64. The lowest BCUT2D eigenvalue weighted by Crippen LogP contribution is -1.84. The second-order valence-electron chi connectivity index (χ2n) is 6.32. The monoisotopic (exact) mass is 342 g/mol. The molecule has 4 rings (SSSR count). The maximum absolute atomic E-state index is 13.3. The molecule has 0 nitrogen and oxygen atoms in total. The number of hydrogen-bond acceptors (Lipinski definition) is 0.